The van der Waals surface area contributed by atoms with Gasteiger partial charge in [-0.15, -0.1) is 10.2 Å². The summed E-state index contributed by atoms with van der Waals surface area (Å²) in [4.78, 5) is 17.7. The van der Waals surface area contributed by atoms with Crippen molar-refractivity contribution in [1.82, 2.24) is 19.6 Å². The van der Waals surface area contributed by atoms with Crippen molar-refractivity contribution in [3.63, 3.8) is 0 Å². The van der Waals surface area contributed by atoms with Crippen LogP contribution in [0.25, 0.3) is 25.4 Å². The van der Waals surface area contributed by atoms with Crippen molar-refractivity contribution >= 4 is 70.9 Å². The van der Waals surface area contributed by atoms with Gasteiger partial charge in [0.2, 0.25) is 10.9 Å². The molecule has 3 heterocycles. The molecule has 0 atom stereocenters. The lowest BCUT2D eigenvalue weighted by molar-refractivity contribution is -0.113. The van der Waals surface area contributed by atoms with E-state index in [9.17, 15) is 4.79 Å². The second-order valence-electron chi connectivity index (χ2n) is 5.86. The summed E-state index contributed by atoms with van der Waals surface area (Å²) in [6, 6.07) is 13.7. The van der Waals surface area contributed by atoms with E-state index in [1.54, 1.807) is 18.4 Å². The van der Waals surface area contributed by atoms with Crippen molar-refractivity contribution in [1.29, 1.82) is 0 Å². The molecule has 5 aromatic rings. The Morgan fingerprint density at radius 2 is 2.07 bits per heavy atom. The standard InChI is InChI=1S/C18H13N5O2S3/c1-25-10-6-7-11-14(8-10)27-16(19-11)20-15(24)9-26-17-21-22-18-23(17)12-4-2-3-5-13(12)28-18/h2-8H,9H2,1H3,(H,19,20,24). The number of methoxy groups -OCH3 is 1. The van der Waals surface area contributed by atoms with E-state index in [-0.39, 0.29) is 11.7 Å². The van der Waals surface area contributed by atoms with E-state index in [4.69, 9.17) is 4.74 Å². The van der Waals surface area contributed by atoms with Gasteiger partial charge >= 0.3 is 0 Å². The van der Waals surface area contributed by atoms with Crippen LogP contribution in [0.3, 0.4) is 0 Å². The lowest BCUT2D eigenvalue weighted by Crippen LogP contribution is -2.14. The summed E-state index contributed by atoms with van der Waals surface area (Å²) in [6.07, 6.45) is 0. The maximum atomic E-state index is 12.4. The lowest BCUT2D eigenvalue weighted by Gasteiger charge is -2.00. The van der Waals surface area contributed by atoms with Gasteiger partial charge in [0.25, 0.3) is 0 Å². The van der Waals surface area contributed by atoms with Gasteiger partial charge in [-0.05, 0) is 30.3 Å². The quantitative estimate of drug-likeness (QED) is 0.421. The molecular weight excluding hydrogens is 414 g/mol. The van der Waals surface area contributed by atoms with Crippen LogP contribution in [-0.2, 0) is 4.79 Å². The number of nitrogens with one attached hydrogen (secondary N) is 1. The fourth-order valence-electron chi connectivity index (χ4n) is 2.82. The van der Waals surface area contributed by atoms with Crippen LogP contribution >= 0.6 is 34.4 Å². The van der Waals surface area contributed by atoms with E-state index in [1.165, 1.54) is 23.1 Å². The number of benzene rings is 2. The summed E-state index contributed by atoms with van der Waals surface area (Å²) < 4.78 is 9.32. The molecule has 0 aliphatic carbocycles. The molecule has 1 N–H and O–H groups in total. The molecule has 7 nitrogen and oxygen atoms in total. The Morgan fingerprint density at radius 3 is 2.96 bits per heavy atom. The van der Waals surface area contributed by atoms with Crippen LogP contribution in [0.4, 0.5) is 5.13 Å². The lowest BCUT2D eigenvalue weighted by atomic mass is 10.3. The van der Waals surface area contributed by atoms with E-state index in [0.717, 1.165) is 31.1 Å². The number of fused-ring (bicyclic) bond motifs is 4. The SMILES string of the molecule is COc1ccc2nc(NC(=O)CSc3nnc4sc5ccccc5n34)sc2c1. The van der Waals surface area contributed by atoms with Crippen molar-refractivity contribution in [2.45, 2.75) is 5.16 Å². The van der Waals surface area contributed by atoms with Crippen LogP contribution in [-0.4, -0.2) is 38.4 Å². The zero-order valence-electron chi connectivity index (χ0n) is 14.6. The number of rotatable bonds is 5. The van der Waals surface area contributed by atoms with E-state index in [2.05, 4.69) is 26.6 Å². The van der Waals surface area contributed by atoms with Crippen LogP contribution in [0.2, 0.25) is 0 Å². The number of anilines is 1. The van der Waals surface area contributed by atoms with Crippen molar-refractivity contribution in [3.05, 3.63) is 42.5 Å². The number of thioether (sulfide) groups is 1. The highest BCUT2D eigenvalue weighted by Crippen LogP contribution is 2.31. The number of ether oxygens (including phenoxy) is 1. The molecule has 0 spiro atoms. The number of amides is 1. The first-order valence-corrected chi connectivity index (χ1v) is 10.9. The molecule has 2 aromatic carbocycles. The molecule has 0 aliphatic heterocycles. The molecule has 140 valence electrons. The summed E-state index contributed by atoms with van der Waals surface area (Å²) in [6.45, 7) is 0. The molecule has 3 aromatic heterocycles. The highest BCUT2D eigenvalue weighted by atomic mass is 32.2. The molecule has 0 saturated carbocycles. The summed E-state index contributed by atoms with van der Waals surface area (Å²) in [5, 5.41) is 12.6. The minimum absolute atomic E-state index is 0.132. The van der Waals surface area contributed by atoms with Crippen LogP contribution < -0.4 is 10.1 Å². The molecule has 10 heteroatoms. The highest BCUT2D eigenvalue weighted by molar-refractivity contribution is 7.99. The fraction of sp³-hybridized carbons (Fsp3) is 0.111. The van der Waals surface area contributed by atoms with Gasteiger partial charge < -0.3 is 10.1 Å². The Balaban J connectivity index is 1.32. The molecule has 0 fully saturated rings. The molecule has 1 amide bonds. The van der Waals surface area contributed by atoms with Crippen molar-refractivity contribution in [2.24, 2.45) is 0 Å². The highest BCUT2D eigenvalue weighted by Gasteiger charge is 2.15. The first-order chi connectivity index (χ1) is 13.7. The molecule has 5 rings (SSSR count). The molecular formula is C18H13N5O2S3. The number of nitrogens with zero attached hydrogens (tertiary/aromatic N) is 4. The molecule has 0 radical (unpaired) electrons. The van der Waals surface area contributed by atoms with Gasteiger partial charge in [0.1, 0.15) is 5.75 Å². The number of carbonyl (C=O) groups excluding carboxylic acids is 1. The molecule has 0 saturated heterocycles. The van der Waals surface area contributed by atoms with Crippen molar-refractivity contribution in [3.8, 4) is 5.75 Å². The van der Waals surface area contributed by atoms with Crippen molar-refractivity contribution in [2.75, 3.05) is 18.2 Å². The van der Waals surface area contributed by atoms with Gasteiger partial charge in [-0.3, -0.25) is 9.20 Å². The maximum Gasteiger partial charge on any atom is 0.236 e. The summed E-state index contributed by atoms with van der Waals surface area (Å²) in [5.41, 5.74) is 1.88. The smallest absolute Gasteiger partial charge is 0.236 e. The zero-order valence-corrected chi connectivity index (χ0v) is 17.0. The van der Waals surface area contributed by atoms with Crippen molar-refractivity contribution < 1.29 is 9.53 Å². The molecule has 0 unspecified atom stereocenters. The first kappa shape index (κ1) is 17.4. The van der Waals surface area contributed by atoms with Crippen LogP contribution in [0, 0.1) is 0 Å². The zero-order chi connectivity index (χ0) is 19.1. The summed E-state index contributed by atoms with van der Waals surface area (Å²) >= 11 is 4.36. The first-order valence-electron chi connectivity index (χ1n) is 8.31. The normalized spacial score (nSPS) is 11.5. The van der Waals surface area contributed by atoms with E-state index in [0.29, 0.717) is 10.3 Å². The Kier molecular flexibility index (Phi) is 4.38. The van der Waals surface area contributed by atoms with Gasteiger partial charge in [0, 0.05) is 0 Å². The number of thiazole rings is 2. The van der Waals surface area contributed by atoms with Gasteiger partial charge in [0.05, 0.1) is 33.3 Å². The monoisotopic (exact) mass is 427 g/mol. The number of aromatic nitrogens is 4. The van der Waals surface area contributed by atoms with Gasteiger partial charge in [-0.2, -0.15) is 0 Å². The number of carbonyl (C=O) groups is 1. The van der Waals surface area contributed by atoms with Gasteiger partial charge in [0.15, 0.2) is 10.3 Å². The number of para-hydroxylation sites is 1. The topological polar surface area (TPSA) is 81.4 Å². The molecule has 28 heavy (non-hydrogen) atoms. The average Bonchev–Trinajstić information content (AvgIpc) is 3.38. The van der Waals surface area contributed by atoms with E-state index in [1.807, 2.05) is 40.8 Å². The molecule has 0 aliphatic rings. The Hall–Kier alpha value is -2.69. The Morgan fingerprint density at radius 1 is 1.18 bits per heavy atom. The second kappa shape index (κ2) is 7.04. The minimum Gasteiger partial charge on any atom is -0.497 e. The predicted octanol–water partition coefficient (Wildman–Crippen LogP) is 4.29. The third kappa shape index (κ3) is 3.09. The van der Waals surface area contributed by atoms with Crippen LogP contribution in [0.5, 0.6) is 5.75 Å². The Labute approximate surface area is 171 Å². The van der Waals surface area contributed by atoms with Gasteiger partial charge in [-0.1, -0.05) is 46.6 Å². The average molecular weight is 428 g/mol. The minimum atomic E-state index is -0.132. The second-order valence-corrected chi connectivity index (χ2v) is 8.84. The number of hydrogen-bond acceptors (Lipinski definition) is 8. The summed E-state index contributed by atoms with van der Waals surface area (Å²) in [5.74, 6) is 0.861. The predicted molar refractivity (Wildman–Crippen MR) is 114 cm³/mol. The number of hydrogen-bond donors (Lipinski definition) is 1. The van der Waals surface area contributed by atoms with E-state index < -0.39 is 0 Å². The fourth-order valence-corrected chi connectivity index (χ4v) is 5.50. The van der Waals surface area contributed by atoms with Gasteiger partial charge in [-0.25, -0.2) is 4.98 Å². The third-order valence-electron chi connectivity index (χ3n) is 4.09. The van der Waals surface area contributed by atoms with E-state index >= 15 is 0 Å². The third-order valence-corrected chi connectivity index (χ3v) is 6.96. The maximum absolute atomic E-state index is 12.4. The van der Waals surface area contributed by atoms with Crippen LogP contribution in [0.1, 0.15) is 0 Å². The van der Waals surface area contributed by atoms with Crippen LogP contribution in [0.15, 0.2) is 47.6 Å². The Bertz CT molecular complexity index is 1320. The summed E-state index contributed by atoms with van der Waals surface area (Å²) in [7, 11) is 1.63. The molecule has 0 bridgehead atoms. The largest absolute Gasteiger partial charge is 0.497 e.